The van der Waals surface area contributed by atoms with Crippen LogP contribution in [0.2, 0.25) is 0 Å². The van der Waals surface area contributed by atoms with Gasteiger partial charge in [-0.25, -0.2) is 0 Å². The van der Waals surface area contributed by atoms with Crippen LogP contribution in [0.3, 0.4) is 0 Å². The molecule has 0 aromatic heterocycles. The largest absolute Gasteiger partial charge is 0.393 e. The minimum atomic E-state index is -0.0258. The second kappa shape index (κ2) is 8.72. The Hall–Kier alpha value is -0.0400. The molecule has 4 aliphatic rings. The van der Waals surface area contributed by atoms with Crippen LogP contribution in [0.1, 0.15) is 119 Å². The van der Waals surface area contributed by atoms with Crippen LogP contribution in [0.25, 0.3) is 0 Å². The van der Waals surface area contributed by atoms with Crippen LogP contribution >= 0.6 is 0 Å². The van der Waals surface area contributed by atoms with Crippen LogP contribution in [-0.2, 0) is 0 Å². The van der Waals surface area contributed by atoms with Crippen molar-refractivity contribution in [2.75, 3.05) is 0 Å². The van der Waals surface area contributed by atoms with E-state index in [0.29, 0.717) is 10.8 Å². The van der Waals surface area contributed by atoms with E-state index in [1.165, 1.54) is 64.2 Å². The third-order valence-corrected chi connectivity index (χ3v) is 11.8. The number of aliphatic hydroxyl groups is 1. The van der Waals surface area contributed by atoms with Gasteiger partial charge in [-0.05, 0) is 122 Å². The molecule has 0 amide bonds. The molecule has 1 N–H and O–H groups in total. The minimum Gasteiger partial charge on any atom is -0.393 e. The first-order chi connectivity index (χ1) is 14.2. The number of rotatable bonds is 6. The molecule has 0 aromatic rings. The maximum absolute atomic E-state index is 10.5. The molecular formula is C29H52O. The monoisotopic (exact) mass is 416 g/mol. The van der Waals surface area contributed by atoms with Crippen molar-refractivity contribution in [1.29, 1.82) is 0 Å². The maximum Gasteiger partial charge on any atom is 0.0545 e. The SMILES string of the molecule is CC[C@H](CC[C@@H](C)[C@H]1CC[C@H]2[C@@H]3CCC4CCC(O)C[C@]4(C)[C@H]3CC[C@]12C)C(C)C. The molecule has 0 heterocycles. The topological polar surface area (TPSA) is 20.2 Å². The van der Waals surface area contributed by atoms with Gasteiger partial charge in [0.2, 0.25) is 0 Å². The first kappa shape index (κ1) is 23.1. The number of aliphatic hydroxyl groups excluding tert-OH is 1. The zero-order chi connectivity index (χ0) is 21.7. The highest BCUT2D eigenvalue weighted by Gasteiger charge is 2.60. The Morgan fingerprint density at radius 2 is 1.53 bits per heavy atom. The molecule has 4 aliphatic carbocycles. The predicted molar refractivity (Wildman–Crippen MR) is 128 cm³/mol. The van der Waals surface area contributed by atoms with Crippen molar-refractivity contribution >= 4 is 0 Å². The van der Waals surface area contributed by atoms with Gasteiger partial charge in [0, 0.05) is 0 Å². The average Bonchev–Trinajstić information content (AvgIpc) is 3.04. The zero-order valence-corrected chi connectivity index (χ0v) is 21.1. The van der Waals surface area contributed by atoms with Gasteiger partial charge in [-0.15, -0.1) is 0 Å². The first-order valence-corrected chi connectivity index (χ1v) is 13.9. The summed E-state index contributed by atoms with van der Waals surface area (Å²) in [6.45, 7) is 15.1. The smallest absolute Gasteiger partial charge is 0.0545 e. The van der Waals surface area contributed by atoms with Gasteiger partial charge in [-0.1, -0.05) is 54.4 Å². The fourth-order valence-corrected chi connectivity index (χ4v) is 9.99. The van der Waals surface area contributed by atoms with Crippen LogP contribution in [0, 0.1) is 58.2 Å². The molecule has 1 heteroatoms. The Balaban J connectivity index is 1.46. The Labute approximate surface area is 188 Å². The van der Waals surface area contributed by atoms with Crippen LogP contribution in [0.15, 0.2) is 0 Å². The van der Waals surface area contributed by atoms with E-state index in [2.05, 4.69) is 41.5 Å². The molecular weight excluding hydrogens is 364 g/mol. The molecule has 30 heavy (non-hydrogen) atoms. The van der Waals surface area contributed by atoms with E-state index < -0.39 is 0 Å². The molecule has 0 bridgehead atoms. The van der Waals surface area contributed by atoms with E-state index >= 15 is 0 Å². The molecule has 1 nitrogen and oxygen atoms in total. The molecule has 174 valence electrons. The highest BCUT2D eigenvalue weighted by molar-refractivity contribution is 5.09. The summed E-state index contributed by atoms with van der Waals surface area (Å²) in [5.74, 6) is 7.31. The van der Waals surface area contributed by atoms with Gasteiger partial charge in [-0.3, -0.25) is 0 Å². The van der Waals surface area contributed by atoms with Gasteiger partial charge in [0.1, 0.15) is 0 Å². The second-order valence-corrected chi connectivity index (χ2v) is 13.3. The highest BCUT2D eigenvalue weighted by atomic mass is 16.3. The summed E-state index contributed by atoms with van der Waals surface area (Å²) >= 11 is 0. The number of hydrogen-bond acceptors (Lipinski definition) is 1. The fourth-order valence-electron chi connectivity index (χ4n) is 9.99. The Kier molecular flexibility index (Phi) is 6.72. The van der Waals surface area contributed by atoms with E-state index in [4.69, 9.17) is 0 Å². The number of fused-ring (bicyclic) bond motifs is 5. The molecule has 4 saturated carbocycles. The van der Waals surface area contributed by atoms with Crippen LogP contribution in [0.4, 0.5) is 0 Å². The molecule has 4 fully saturated rings. The summed E-state index contributed by atoms with van der Waals surface area (Å²) in [6.07, 6.45) is 16.5. The zero-order valence-electron chi connectivity index (χ0n) is 21.1. The van der Waals surface area contributed by atoms with E-state index in [1.807, 2.05) is 0 Å². The normalized spacial score (nSPS) is 48.0. The van der Waals surface area contributed by atoms with Gasteiger partial charge in [-0.2, -0.15) is 0 Å². The molecule has 10 atom stereocenters. The molecule has 2 unspecified atom stereocenters. The maximum atomic E-state index is 10.5. The summed E-state index contributed by atoms with van der Waals surface area (Å²) < 4.78 is 0. The summed E-state index contributed by atoms with van der Waals surface area (Å²) in [4.78, 5) is 0. The standard InChI is InChI=1S/C29H52O/c1-7-21(19(2)3)9-8-20(4)25-14-15-26-24-13-11-22-10-12-23(30)18-29(22,6)27(24)16-17-28(25,26)5/h19-27,30H,7-18H2,1-6H3/t20-,21-,22?,23?,24+,25-,26+,27+,28-,29+/m1/s1. The molecule has 0 saturated heterocycles. The summed E-state index contributed by atoms with van der Waals surface area (Å²) in [5.41, 5.74) is 1.02. The van der Waals surface area contributed by atoms with Gasteiger partial charge in [0.05, 0.1) is 6.10 Å². The van der Waals surface area contributed by atoms with Crippen molar-refractivity contribution in [3.05, 3.63) is 0 Å². The lowest BCUT2D eigenvalue weighted by Gasteiger charge is -2.61. The highest BCUT2D eigenvalue weighted by Crippen LogP contribution is 2.68. The predicted octanol–water partition coefficient (Wildman–Crippen LogP) is 8.10. The second-order valence-electron chi connectivity index (χ2n) is 13.3. The van der Waals surface area contributed by atoms with Gasteiger partial charge < -0.3 is 5.11 Å². The van der Waals surface area contributed by atoms with Crippen LogP contribution < -0.4 is 0 Å². The Bertz CT molecular complexity index is 583. The minimum absolute atomic E-state index is 0.0258. The third kappa shape index (κ3) is 3.82. The van der Waals surface area contributed by atoms with Crippen molar-refractivity contribution in [3.63, 3.8) is 0 Å². The van der Waals surface area contributed by atoms with Crippen LogP contribution in [0.5, 0.6) is 0 Å². The Morgan fingerprint density at radius 3 is 2.23 bits per heavy atom. The molecule has 0 aromatic carbocycles. The van der Waals surface area contributed by atoms with Crippen molar-refractivity contribution in [2.45, 2.75) is 125 Å². The van der Waals surface area contributed by atoms with Crippen molar-refractivity contribution in [2.24, 2.45) is 58.2 Å². The van der Waals surface area contributed by atoms with Crippen LogP contribution in [-0.4, -0.2) is 11.2 Å². The van der Waals surface area contributed by atoms with E-state index in [-0.39, 0.29) is 6.10 Å². The molecule has 0 spiro atoms. The fraction of sp³-hybridized carbons (Fsp3) is 1.00. The van der Waals surface area contributed by atoms with Gasteiger partial charge in [0.25, 0.3) is 0 Å². The Morgan fingerprint density at radius 1 is 0.833 bits per heavy atom. The molecule has 0 aliphatic heterocycles. The summed E-state index contributed by atoms with van der Waals surface area (Å²) in [5, 5.41) is 10.5. The summed E-state index contributed by atoms with van der Waals surface area (Å²) in [6, 6.07) is 0. The first-order valence-electron chi connectivity index (χ1n) is 13.9. The van der Waals surface area contributed by atoms with Gasteiger partial charge in [0.15, 0.2) is 0 Å². The quantitative estimate of drug-likeness (QED) is 0.463. The average molecular weight is 417 g/mol. The number of hydrogen-bond donors (Lipinski definition) is 1. The van der Waals surface area contributed by atoms with Crippen molar-refractivity contribution in [1.82, 2.24) is 0 Å². The van der Waals surface area contributed by atoms with Crippen molar-refractivity contribution in [3.8, 4) is 0 Å². The van der Waals surface area contributed by atoms with E-state index in [9.17, 15) is 5.11 Å². The summed E-state index contributed by atoms with van der Waals surface area (Å²) in [7, 11) is 0. The lowest BCUT2D eigenvalue weighted by molar-refractivity contribution is -0.133. The lowest BCUT2D eigenvalue weighted by Crippen LogP contribution is -2.54. The van der Waals surface area contributed by atoms with E-state index in [0.717, 1.165) is 60.2 Å². The van der Waals surface area contributed by atoms with E-state index in [1.54, 1.807) is 0 Å². The third-order valence-electron chi connectivity index (χ3n) is 11.8. The van der Waals surface area contributed by atoms with Crippen molar-refractivity contribution < 1.29 is 5.11 Å². The molecule has 4 rings (SSSR count). The van der Waals surface area contributed by atoms with Gasteiger partial charge >= 0.3 is 0 Å². The molecule has 0 radical (unpaired) electrons. The lowest BCUT2D eigenvalue weighted by atomic mass is 9.44.